The van der Waals surface area contributed by atoms with Crippen molar-refractivity contribution in [1.29, 1.82) is 0 Å². The zero-order valence-corrected chi connectivity index (χ0v) is 10.4. The lowest BCUT2D eigenvalue weighted by Crippen LogP contribution is -2.15. The zero-order chi connectivity index (χ0) is 13.1. The smallest absolute Gasteiger partial charge is 0.343 e. The zero-order valence-electron chi connectivity index (χ0n) is 10.4. The van der Waals surface area contributed by atoms with E-state index in [0.29, 0.717) is 6.42 Å². The van der Waals surface area contributed by atoms with Gasteiger partial charge in [-0.3, -0.25) is 0 Å². The summed E-state index contributed by atoms with van der Waals surface area (Å²) < 4.78 is 18.4. The van der Waals surface area contributed by atoms with Crippen molar-refractivity contribution in [2.24, 2.45) is 5.41 Å². The molecule has 0 bridgehead atoms. The van der Waals surface area contributed by atoms with E-state index in [2.05, 4.69) is 0 Å². The van der Waals surface area contributed by atoms with Gasteiger partial charge in [0.1, 0.15) is 11.4 Å². The van der Waals surface area contributed by atoms with Crippen molar-refractivity contribution < 1.29 is 13.9 Å². The minimum absolute atomic E-state index is 0.0705. The topological polar surface area (TPSA) is 52.3 Å². The molecule has 0 fully saturated rings. The van der Waals surface area contributed by atoms with Gasteiger partial charge in [-0.15, -0.1) is 0 Å². The number of nitrogens with two attached hydrogens (primary N) is 1. The van der Waals surface area contributed by atoms with Gasteiger partial charge in [0.2, 0.25) is 0 Å². The van der Waals surface area contributed by atoms with Gasteiger partial charge in [0.25, 0.3) is 0 Å². The van der Waals surface area contributed by atoms with Gasteiger partial charge in [-0.1, -0.05) is 26.8 Å². The average Bonchev–Trinajstić information content (AvgIpc) is 2.15. The Labute approximate surface area is 101 Å². The standard InChI is InChI=1S/C13H18FNO2/c1-13(2,3)7-8-17-12(16)11-9(14)5-4-6-10(11)15/h4-6H,7-8,15H2,1-3H3. The molecule has 0 aliphatic heterocycles. The Bertz CT molecular complexity index is 390. The summed E-state index contributed by atoms with van der Waals surface area (Å²) in [5, 5.41) is 0. The molecule has 17 heavy (non-hydrogen) atoms. The summed E-state index contributed by atoms with van der Waals surface area (Å²) in [6.07, 6.45) is 0.715. The highest BCUT2D eigenvalue weighted by Crippen LogP contribution is 2.20. The number of halogens is 1. The van der Waals surface area contributed by atoms with Crippen molar-refractivity contribution in [3.63, 3.8) is 0 Å². The molecule has 1 rings (SSSR count). The Hall–Kier alpha value is -1.58. The second-order valence-electron chi connectivity index (χ2n) is 5.15. The van der Waals surface area contributed by atoms with Crippen molar-refractivity contribution in [3.8, 4) is 0 Å². The number of benzene rings is 1. The van der Waals surface area contributed by atoms with Crippen LogP contribution in [0.2, 0.25) is 0 Å². The third kappa shape index (κ3) is 4.06. The third-order valence-electron chi connectivity index (χ3n) is 2.34. The first-order valence-electron chi connectivity index (χ1n) is 5.52. The molecule has 4 heteroatoms. The van der Waals surface area contributed by atoms with E-state index in [1.165, 1.54) is 18.2 Å². The number of ether oxygens (including phenoxy) is 1. The number of anilines is 1. The van der Waals surface area contributed by atoms with Crippen LogP contribution in [0.25, 0.3) is 0 Å². The summed E-state index contributed by atoms with van der Waals surface area (Å²) in [7, 11) is 0. The summed E-state index contributed by atoms with van der Waals surface area (Å²) in [4.78, 5) is 11.6. The van der Waals surface area contributed by atoms with E-state index in [9.17, 15) is 9.18 Å². The van der Waals surface area contributed by atoms with Gasteiger partial charge < -0.3 is 10.5 Å². The molecular weight excluding hydrogens is 221 g/mol. The number of esters is 1. The summed E-state index contributed by atoms with van der Waals surface area (Å²) in [5.74, 6) is -1.35. The van der Waals surface area contributed by atoms with Crippen LogP contribution in [0.5, 0.6) is 0 Å². The first-order chi connectivity index (χ1) is 7.81. The van der Waals surface area contributed by atoms with Gasteiger partial charge in [-0.05, 0) is 24.0 Å². The van der Waals surface area contributed by atoms with Crippen LogP contribution in [0.1, 0.15) is 37.6 Å². The number of nitrogen functional groups attached to an aromatic ring is 1. The van der Waals surface area contributed by atoms with Gasteiger partial charge in [0, 0.05) is 5.69 Å². The molecular formula is C13H18FNO2. The van der Waals surface area contributed by atoms with Crippen LogP contribution in [-0.4, -0.2) is 12.6 Å². The molecule has 0 aliphatic rings. The minimum Gasteiger partial charge on any atom is -0.462 e. The van der Waals surface area contributed by atoms with Gasteiger partial charge in [-0.2, -0.15) is 0 Å². The molecule has 1 aromatic carbocycles. The fraction of sp³-hybridized carbons (Fsp3) is 0.462. The molecule has 1 aromatic rings. The lowest BCUT2D eigenvalue weighted by atomic mass is 9.93. The number of carbonyl (C=O) groups excluding carboxylic acids is 1. The van der Waals surface area contributed by atoms with Crippen LogP contribution < -0.4 is 5.73 Å². The predicted octanol–water partition coefficient (Wildman–Crippen LogP) is 3.00. The number of rotatable bonds is 3. The number of hydrogen-bond acceptors (Lipinski definition) is 3. The molecule has 0 spiro atoms. The Morgan fingerprint density at radius 1 is 1.41 bits per heavy atom. The fourth-order valence-corrected chi connectivity index (χ4v) is 1.28. The molecule has 0 radical (unpaired) electrons. The van der Waals surface area contributed by atoms with E-state index in [1.807, 2.05) is 20.8 Å². The summed E-state index contributed by atoms with van der Waals surface area (Å²) >= 11 is 0. The Kier molecular flexibility index (Phi) is 4.10. The van der Waals surface area contributed by atoms with Crippen LogP contribution in [-0.2, 0) is 4.74 Å². The maximum atomic E-state index is 13.4. The number of carbonyl (C=O) groups is 1. The highest BCUT2D eigenvalue weighted by Gasteiger charge is 2.18. The van der Waals surface area contributed by atoms with Crippen LogP contribution in [0.15, 0.2) is 18.2 Å². The molecule has 0 unspecified atom stereocenters. The predicted molar refractivity (Wildman–Crippen MR) is 65.2 cm³/mol. The fourth-order valence-electron chi connectivity index (χ4n) is 1.28. The SMILES string of the molecule is CC(C)(C)CCOC(=O)c1c(N)cccc1F. The van der Waals surface area contributed by atoms with E-state index < -0.39 is 11.8 Å². The van der Waals surface area contributed by atoms with Gasteiger partial charge in [-0.25, -0.2) is 9.18 Å². The van der Waals surface area contributed by atoms with E-state index in [4.69, 9.17) is 10.5 Å². The average molecular weight is 239 g/mol. The molecule has 0 aromatic heterocycles. The lowest BCUT2D eigenvalue weighted by molar-refractivity contribution is 0.0461. The Morgan fingerprint density at radius 2 is 2.06 bits per heavy atom. The van der Waals surface area contributed by atoms with Crippen LogP contribution >= 0.6 is 0 Å². The summed E-state index contributed by atoms with van der Waals surface area (Å²) in [5.41, 5.74) is 5.53. The van der Waals surface area contributed by atoms with Crippen LogP contribution in [0, 0.1) is 11.2 Å². The monoisotopic (exact) mass is 239 g/mol. The van der Waals surface area contributed by atoms with Crippen molar-refractivity contribution >= 4 is 11.7 Å². The van der Waals surface area contributed by atoms with Crippen molar-refractivity contribution in [1.82, 2.24) is 0 Å². The second kappa shape index (κ2) is 5.17. The first kappa shape index (κ1) is 13.5. The van der Waals surface area contributed by atoms with Crippen molar-refractivity contribution in [2.75, 3.05) is 12.3 Å². The molecule has 0 saturated heterocycles. The van der Waals surface area contributed by atoms with Crippen molar-refractivity contribution in [2.45, 2.75) is 27.2 Å². The molecule has 0 saturated carbocycles. The third-order valence-corrected chi connectivity index (χ3v) is 2.34. The highest BCUT2D eigenvalue weighted by molar-refractivity contribution is 5.95. The Balaban J connectivity index is 2.65. The summed E-state index contributed by atoms with van der Waals surface area (Å²) in [6, 6.07) is 4.12. The maximum absolute atomic E-state index is 13.4. The molecule has 0 atom stereocenters. The molecule has 0 aliphatic carbocycles. The lowest BCUT2D eigenvalue weighted by Gasteiger charge is -2.17. The molecule has 94 valence electrons. The van der Waals surface area contributed by atoms with Gasteiger partial charge in [0.05, 0.1) is 6.61 Å². The molecule has 0 amide bonds. The first-order valence-corrected chi connectivity index (χ1v) is 5.52. The summed E-state index contributed by atoms with van der Waals surface area (Å²) in [6.45, 7) is 6.38. The van der Waals surface area contributed by atoms with E-state index in [0.717, 1.165) is 0 Å². The maximum Gasteiger partial charge on any atom is 0.343 e. The van der Waals surface area contributed by atoms with Crippen molar-refractivity contribution in [3.05, 3.63) is 29.6 Å². The molecule has 3 nitrogen and oxygen atoms in total. The van der Waals surface area contributed by atoms with E-state index >= 15 is 0 Å². The van der Waals surface area contributed by atoms with Crippen LogP contribution in [0.3, 0.4) is 0 Å². The van der Waals surface area contributed by atoms with E-state index in [1.54, 1.807) is 0 Å². The van der Waals surface area contributed by atoms with E-state index in [-0.39, 0.29) is 23.3 Å². The minimum atomic E-state index is -0.704. The number of hydrogen-bond donors (Lipinski definition) is 1. The molecule has 2 N–H and O–H groups in total. The normalized spacial score (nSPS) is 11.3. The highest BCUT2D eigenvalue weighted by atomic mass is 19.1. The quantitative estimate of drug-likeness (QED) is 0.651. The van der Waals surface area contributed by atoms with Gasteiger partial charge >= 0.3 is 5.97 Å². The second-order valence-corrected chi connectivity index (χ2v) is 5.15. The van der Waals surface area contributed by atoms with Gasteiger partial charge in [0.15, 0.2) is 0 Å². The van der Waals surface area contributed by atoms with Crippen LogP contribution in [0.4, 0.5) is 10.1 Å². The molecule has 0 heterocycles. The largest absolute Gasteiger partial charge is 0.462 e. The Morgan fingerprint density at radius 3 is 2.59 bits per heavy atom.